The van der Waals surface area contributed by atoms with Crippen molar-refractivity contribution in [3.63, 3.8) is 0 Å². The molecular weight excluding hydrogens is 246 g/mol. The third-order valence-corrected chi connectivity index (χ3v) is 3.29. The number of aryl methyl sites for hydroxylation is 2. The van der Waals surface area contributed by atoms with Gasteiger partial charge in [-0.2, -0.15) is 0 Å². The van der Waals surface area contributed by atoms with E-state index in [1.807, 2.05) is 25.1 Å². The number of H-pyrrole nitrogens is 1. The first-order valence-electron chi connectivity index (χ1n) is 5.95. The molecule has 0 saturated heterocycles. The number of hydrogen-bond donors (Lipinski definition) is 1. The zero-order valence-corrected chi connectivity index (χ0v) is 11.5. The number of thioether (sulfide) groups is 1. The number of rotatable bonds is 6. The van der Waals surface area contributed by atoms with Gasteiger partial charge in [-0.3, -0.25) is 5.10 Å². The number of aromatic amines is 1. The second-order valence-corrected chi connectivity index (χ2v) is 5.13. The molecule has 96 valence electrons. The van der Waals surface area contributed by atoms with Crippen molar-refractivity contribution < 1.29 is 4.74 Å². The van der Waals surface area contributed by atoms with E-state index in [1.165, 1.54) is 5.56 Å². The monoisotopic (exact) mass is 263 g/mol. The molecule has 0 unspecified atom stereocenters. The zero-order chi connectivity index (χ0) is 12.8. The number of benzene rings is 1. The summed E-state index contributed by atoms with van der Waals surface area (Å²) in [6, 6.07) is 8.11. The van der Waals surface area contributed by atoms with E-state index in [2.05, 4.69) is 28.2 Å². The molecule has 0 radical (unpaired) electrons. The molecule has 1 N–H and O–H groups in total. The molecule has 1 aromatic heterocycles. The normalized spacial score (nSPS) is 10.6. The summed E-state index contributed by atoms with van der Waals surface area (Å²) in [4.78, 5) is 4.23. The quantitative estimate of drug-likeness (QED) is 0.643. The van der Waals surface area contributed by atoms with Gasteiger partial charge in [-0.25, -0.2) is 4.98 Å². The molecule has 2 aromatic rings. The van der Waals surface area contributed by atoms with Crippen molar-refractivity contribution in [2.75, 3.05) is 12.4 Å². The number of nitrogens with zero attached hydrogens (tertiary/aromatic N) is 2. The molecule has 0 atom stereocenters. The van der Waals surface area contributed by atoms with Crippen LogP contribution in [0, 0.1) is 13.8 Å². The van der Waals surface area contributed by atoms with Gasteiger partial charge in [-0.1, -0.05) is 23.9 Å². The molecule has 0 aliphatic rings. The van der Waals surface area contributed by atoms with Gasteiger partial charge >= 0.3 is 0 Å². The van der Waals surface area contributed by atoms with Crippen molar-refractivity contribution in [2.24, 2.45) is 0 Å². The van der Waals surface area contributed by atoms with Crippen LogP contribution in [0.5, 0.6) is 5.75 Å². The van der Waals surface area contributed by atoms with Gasteiger partial charge in [0.15, 0.2) is 0 Å². The number of hydrogen-bond acceptors (Lipinski definition) is 4. The molecule has 4 nitrogen and oxygen atoms in total. The molecule has 0 fully saturated rings. The summed E-state index contributed by atoms with van der Waals surface area (Å²) >= 11 is 1.65. The number of ether oxygens (including phenoxy) is 1. The van der Waals surface area contributed by atoms with Crippen LogP contribution in [0.3, 0.4) is 0 Å². The minimum atomic E-state index is 0.722. The lowest BCUT2D eigenvalue weighted by Crippen LogP contribution is -1.98. The summed E-state index contributed by atoms with van der Waals surface area (Å²) < 4.78 is 5.67. The van der Waals surface area contributed by atoms with Crippen molar-refractivity contribution in [3.05, 3.63) is 35.7 Å². The summed E-state index contributed by atoms with van der Waals surface area (Å²) in [5, 5.41) is 7.71. The van der Waals surface area contributed by atoms with Gasteiger partial charge in [0.2, 0.25) is 5.16 Å². The van der Waals surface area contributed by atoms with Crippen molar-refractivity contribution >= 4 is 11.8 Å². The third kappa shape index (κ3) is 4.07. The van der Waals surface area contributed by atoms with Crippen LogP contribution in [-0.4, -0.2) is 27.5 Å². The molecule has 0 spiro atoms. The maximum Gasteiger partial charge on any atom is 0.208 e. The average Bonchev–Trinajstić information content (AvgIpc) is 2.75. The predicted octanol–water partition coefficient (Wildman–Crippen LogP) is 2.98. The van der Waals surface area contributed by atoms with E-state index in [9.17, 15) is 0 Å². The van der Waals surface area contributed by atoms with Crippen LogP contribution in [-0.2, 0) is 0 Å². The highest BCUT2D eigenvalue weighted by atomic mass is 32.2. The Labute approximate surface area is 111 Å². The molecule has 0 aliphatic carbocycles. The Balaban J connectivity index is 1.64. The summed E-state index contributed by atoms with van der Waals surface area (Å²) in [7, 11) is 0. The molecule has 0 aliphatic heterocycles. The van der Waals surface area contributed by atoms with Crippen LogP contribution in [0.25, 0.3) is 0 Å². The first kappa shape index (κ1) is 13.0. The van der Waals surface area contributed by atoms with E-state index in [1.54, 1.807) is 11.8 Å². The average molecular weight is 263 g/mol. The van der Waals surface area contributed by atoms with Gasteiger partial charge in [0.05, 0.1) is 6.61 Å². The Morgan fingerprint density at radius 2 is 2.22 bits per heavy atom. The molecular formula is C13H17N3OS. The molecule has 18 heavy (non-hydrogen) atoms. The first-order chi connectivity index (χ1) is 8.74. The molecule has 0 saturated carbocycles. The van der Waals surface area contributed by atoms with Crippen molar-refractivity contribution in [3.8, 4) is 5.75 Å². The molecule has 2 rings (SSSR count). The van der Waals surface area contributed by atoms with Crippen LogP contribution in [0.1, 0.15) is 17.8 Å². The Morgan fingerprint density at radius 1 is 1.33 bits per heavy atom. The van der Waals surface area contributed by atoms with E-state index >= 15 is 0 Å². The maximum atomic E-state index is 5.67. The van der Waals surface area contributed by atoms with Gasteiger partial charge in [-0.05, 0) is 38.0 Å². The fourth-order valence-electron chi connectivity index (χ4n) is 1.50. The van der Waals surface area contributed by atoms with E-state index < -0.39 is 0 Å². The Morgan fingerprint density at radius 3 is 2.94 bits per heavy atom. The minimum Gasteiger partial charge on any atom is -0.494 e. The van der Waals surface area contributed by atoms with Crippen molar-refractivity contribution in [2.45, 2.75) is 25.4 Å². The lowest BCUT2D eigenvalue weighted by molar-refractivity contribution is 0.318. The van der Waals surface area contributed by atoms with Crippen LogP contribution >= 0.6 is 11.8 Å². The second-order valence-electron chi connectivity index (χ2n) is 4.07. The standard InChI is InChI=1S/C13H17N3OS/c1-10-5-3-6-12(9-10)17-7-4-8-18-13-14-11(2)15-16-13/h3,5-6,9H,4,7-8H2,1-2H3,(H,14,15,16). The van der Waals surface area contributed by atoms with Gasteiger partial charge in [0.1, 0.15) is 11.6 Å². The number of aromatic nitrogens is 3. The Kier molecular flexibility index (Phi) is 4.64. The fraction of sp³-hybridized carbons (Fsp3) is 0.385. The molecule has 1 aromatic carbocycles. The lowest BCUT2D eigenvalue weighted by atomic mass is 10.2. The first-order valence-corrected chi connectivity index (χ1v) is 6.94. The Hall–Kier alpha value is -1.49. The van der Waals surface area contributed by atoms with Crippen molar-refractivity contribution in [1.82, 2.24) is 15.2 Å². The molecule has 0 bridgehead atoms. The van der Waals surface area contributed by atoms with Crippen molar-refractivity contribution in [1.29, 1.82) is 0 Å². The highest BCUT2D eigenvalue weighted by molar-refractivity contribution is 7.99. The largest absolute Gasteiger partial charge is 0.494 e. The minimum absolute atomic E-state index is 0.722. The second kappa shape index (κ2) is 6.44. The highest BCUT2D eigenvalue weighted by Gasteiger charge is 2.00. The smallest absolute Gasteiger partial charge is 0.208 e. The maximum absolute atomic E-state index is 5.67. The highest BCUT2D eigenvalue weighted by Crippen LogP contribution is 2.15. The van der Waals surface area contributed by atoms with Gasteiger partial charge in [0, 0.05) is 5.75 Å². The SMILES string of the molecule is Cc1cccc(OCCCSc2n[nH]c(C)n2)c1. The van der Waals surface area contributed by atoms with Gasteiger partial charge in [0.25, 0.3) is 0 Å². The predicted molar refractivity (Wildman–Crippen MR) is 73.1 cm³/mol. The Bertz CT molecular complexity index is 498. The molecule has 1 heterocycles. The van der Waals surface area contributed by atoms with E-state index in [-0.39, 0.29) is 0 Å². The van der Waals surface area contributed by atoms with Gasteiger partial charge in [-0.15, -0.1) is 5.10 Å². The molecule has 5 heteroatoms. The number of nitrogens with one attached hydrogen (secondary N) is 1. The summed E-state index contributed by atoms with van der Waals surface area (Å²) in [6.07, 6.45) is 0.978. The van der Waals surface area contributed by atoms with E-state index in [0.29, 0.717) is 0 Å². The summed E-state index contributed by atoms with van der Waals surface area (Å²) in [6.45, 7) is 4.69. The third-order valence-electron chi connectivity index (χ3n) is 2.35. The fourth-order valence-corrected chi connectivity index (χ4v) is 2.26. The molecule has 0 amide bonds. The summed E-state index contributed by atoms with van der Waals surface area (Å²) in [5.41, 5.74) is 1.22. The topological polar surface area (TPSA) is 50.8 Å². The zero-order valence-electron chi connectivity index (χ0n) is 10.6. The van der Waals surface area contributed by atoms with Gasteiger partial charge < -0.3 is 4.74 Å². The summed E-state index contributed by atoms with van der Waals surface area (Å²) in [5.74, 6) is 2.76. The van der Waals surface area contributed by atoms with Crippen LogP contribution < -0.4 is 4.74 Å². The van der Waals surface area contributed by atoms with Crippen LogP contribution in [0.2, 0.25) is 0 Å². The lowest BCUT2D eigenvalue weighted by Gasteiger charge is -2.05. The van der Waals surface area contributed by atoms with Crippen LogP contribution in [0.4, 0.5) is 0 Å². The van der Waals surface area contributed by atoms with E-state index in [0.717, 1.165) is 35.5 Å². The van der Waals surface area contributed by atoms with Crippen LogP contribution in [0.15, 0.2) is 29.4 Å². The van der Waals surface area contributed by atoms with E-state index in [4.69, 9.17) is 4.74 Å².